The summed E-state index contributed by atoms with van der Waals surface area (Å²) in [6, 6.07) is 6.02. The first-order chi connectivity index (χ1) is 8.60. The Morgan fingerprint density at radius 3 is 2.78 bits per heavy atom. The highest BCUT2D eigenvalue weighted by atomic mass is 35.5. The van der Waals surface area contributed by atoms with Gasteiger partial charge < -0.3 is 15.3 Å². The second-order valence-electron chi connectivity index (χ2n) is 5.18. The van der Waals surface area contributed by atoms with Crippen LogP contribution in [-0.4, -0.2) is 31.9 Å². The predicted octanol–water partition coefficient (Wildman–Crippen LogP) is 2.27. The molecule has 1 aliphatic rings. The van der Waals surface area contributed by atoms with Crippen LogP contribution in [0.5, 0.6) is 0 Å². The number of rotatable bonds is 5. The molecule has 0 aromatic heterocycles. The number of nitrogens with zero attached hydrogens (tertiary/aromatic N) is 1. The monoisotopic (exact) mass is 268 g/mol. The predicted molar refractivity (Wildman–Crippen MR) is 76.2 cm³/mol. The van der Waals surface area contributed by atoms with E-state index in [4.69, 9.17) is 11.6 Å². The molecule has 1 fully saturated rings. The Morgan fingerprint density at radius 1 is 1.44 bits per heavy atom. The largest absolute Gasteiger partial charge is 0.393 e. The van der Waals surface area contributed by atoms with E-state index in [9.17, 15) is 5.11 Å². The number of anilines is 1. The van der Waals surface area contributed by atoms with Gasteiger partial charge in [0.05, 0.1) is 6.10 Å². The molecule has 1 saturated carbocycles. The molecule has 1 aliphatic carbocycles. The smallest absolute Gasteiger partial charge is 0.0546 e. The zero-order valence-electron chi connectivity index (χ0n) is 11.0. The Morgan fingerprint density at radius 2 is 2.17 bits per heavy atom. The van der Waals surface area contributed by atoms with Gasteiger partial charge in [0.25, 0.3) is 0 Å². The Bertz CT molecular complexity index is 405. The van der Waals surface area contributed by atoms with Crippen LogP contribution in [0.4, 0.5) is 5.69 Å². The number of aliphatic hydroxyl groups excluding tert-OH is 1. The summed E-state index contributed by atoms with van der Waals surface area (Å²) in [5.74, 6) is 0.603. The van der Waals surface area contributed by atoms with E-state index < -0.39 is 0 Å². The molecular formula is C14H21ClN2O. The maximum Gasteiger partial charge on any atom is 0.0546 e. The summed E-state index contributed by atoms with van der Waals surface area (Å²) in [6.07, 6.45) is 1.76. The molecule has 0 radical (unpaired) electrons. The van der Waals surface area contributed by atoms with Crippen molar-refractivity contribution in [1.82, 2.24) is 5.32 Å². The third kappa shape index (κ3) is 3.16. The van der Waals surface area contributed by atoms with Gasteiger partial charge in [-0.25, -0.2) is 0 Å². The highest BCUT2D eigenvalue weighted by Gasteiger charge is 2.28. The molecule has 100 valence electrons. The molecule has 3 nitrogen and oxygen atoms in total. The average Bonchev–Trinajstić information content (AvgIpc) is 2.29. The number of halogens is 1. The lowest BCUT2D eigenvalue weighted by atomic mass is 9.82. The van der Waals surface area contributed by atoms with Gasteiger partial charge in [-0.2, -0.15) is 0 Å². The van der Waals surface area contributed by atoms with Crippen molar-refractivity contribution < 1.29 is 5.11 Å². The number of benzene rings is 1. The van der Waals surface area contributed by atoms with Crippen LogP contribution in [0.15, 0.2) is 18.2 Å². The molecule has 0 spiro atoms. The highest BCUT2D eigenvalue weighted by Crippen LogP contribution is 2.31. The van der Waals surface area contributed by atoms with Gasteiger partial charge in [-0.05, 0) is 43.5 Å². The van der Waals surface area contributed by atoms with Gasteiger partial charge in [0.2, 0.25) is 0 Å². The molecule has 0 saturated heterocycles. The fourth-order valence-corrected chi connectivity index (χ4v) is 2.73. The maximum atomic E-state index is 9.34. The Balaban J connectivity index is 2.07. The van der Waals surface area contributed by atoms with E-state index in [1.165, 1.54) is 11.3 Å². The summed E-state index contributed by atoms with van der Waals surface area (Å²) in [4.78, 5) is 2.25. The van der Waals surface area contributed by atoms with E-state index in [0.717, 1.165) is 31.0 Å². The van der Waals surface area contributed by atoms with Crippen LogP contribution in [0.3, 0.4) is 0 Å². The normalized spacial score (nSPS) is 22.7. The molecule has 1 aromatic rings. The number of hydrogen-bond donors (Lipinski definition) is 2. The van der Waals surface area contributed by atoms with Crippen LogP contribution >= 0.6 is 11.6 Å². The average molecular weight is 269 g/mol. The standard InChI is InChI=1S/C14H21ClN2O/c1-16-8-11-3-4-12(15)7-14(11)17(2)9-10-5-13(18)6-10/h3-4,7,10,13,16,18H,5-6,8-9H2,1-2H3. The lowest BCUT2D eigenvalue weighted by Gasteiger charge is -2.35. The molecule has 0 aliphatic heterocycles. The molecule has 0 bridgehead atoms. The number of hydrogen-bond acceptors (Lipinski definition) is 3. The van der Waals surface area contributed by atoms with Gasteiger partial charge in [-0.1, -0.05) is 17.7 Å². The minimum Gasteiger partial charge on any atom is -0.393 e. The van der Waals surface area contributed by atoms with E-state index in [1.807, 2.05) is 19.2 Å². The number of aliphatic hydroxyl groups is 1. The molecule has 2 N–H and O–H groups in total. The second kappa shape index (κ2) is 5.91. The molecular weight excluding hydrogens is 248 g/mol. The van der Waals surface area contributed by atoms with Crippen LogP contribution in [0.1, 0.15) is 18.4 Å². The van der Waals surface area contributed by atoms with E-state index in [-0.39, 0.29) is 6.10 Å². The van der Waals surface area contributed by atoms with Gasteiger partial charge in [0, 0.05) is 30.8 Å². The van der Waals surface area contributed by atoms with Gasteiger partial charge in [-0.3, -0.25) is 0 Å². The molecule has 4 heteroatoms. The van der Waals surface area contributed by atoms with E-state index in [0.29, 0.717) is 5.92 Å². The van der Waals surface area contributed by atoms with Crippen LogP contribution in [-0.2, 0) is 6.54 Å². The summed E-state index contributed by atoms with van der Waals surface area (Å²) in [6.45, 7) is 1.82. The molecule has 0 atom stereocenters. The first-order valence-corrected chi connectivity index (χ1v) is 6.80. The second-order valence-corrected chi connectivity index (χ2v) is 5.61. The third-order valence-corrected chi connectivity index (χ3v) is 3.80. The molecule has 0 unspecified atom stereocenters. The van der Waals surface area contributed by atoms with Crippen molar-refractivity contribution in [3.8, 4) is 0 Å². The van der Waals surface area contributed by atoms with E-state index >= 15 is 0 Å². The van der Waals surface area contributed by atoms with Crippen molar-refractivity contribution in [2.45, 2.75) is 25.5 Å². The van der Waals surface area contributed by atoms with Crippen molar-refractivity contribution in [3.05, 3.63) is 28.8 Å². The Labute approximate surface area is 114 Å². The van der Waals surface area contributed by atoms with Crippen LogP contribution < -0.4 is 10.2 Å². The van der Waals surface area contributed by atoms with E-state index in [1.54, 1.807) is 0 Å². The van der Waals surface area contributed by atoms with Gasteiger partial charge in [0.15, 0.2) is 0 Å². The zero-order valence-corrected chi connectivity index (χ0v) is 11.7. The summed E-state index contributed by atoms with van der Waals surface area (Å²) in [7, 11) is 4.04. The summed E-state index contributed by atoms with van der Waals surface area (Å²) < 4.78 is 0. The summed E-state index contributed by atoms with van der Waals surface area (Å²) in [5.41, 5.74) is 2.43. The fourth-order valence-electron chi connectivity index (χ4n) is 2.57. The molecule has 0 amide bonds. The van der Waals surface area contributed by atoms with Gasteiger partial charge >= 0.3 is 0 Å². The first kappa shape index (κ1) is 13.7. The highest BCUT2D eigenvalue weighted by molar-refractivity contribution is 6.30. The van der Waals surface area contributed by atoms with Crippen molar-refractivity contribution in [2.24, 2.45) is 5.92 Å². The van der Waals surface area contributed by atoms with Crippen LogP contribution in [0.2, 0.25) is 5.02 Å². The van der Waals surface area contributed by atoms with Crippen molar-refractivity contribution in [2.75, 3.05) is 25.5 Å². The van der Waals surface area contributed by atoms with Crippen LogP contribution in [0, 0.1) is 5.92 Å². The SMILES string of the molecule is CNCc1ccc(Cl)cc1N(C)CC1CC(O)C1. The Kier molecular flexibility index (Phi) is 4.49. The molecule has 0 heterocycles. The van der Waals surface area contributed by atoms with E-state index in [2.05, 4.69) is 23.3 Å². The third-order valence-electron chi connectivity index (χ3n) is 3.57. The lowest BCUT2D eigenvalue weighted by molar-refractivity contribution is 0.0464. The molecule has 1 aromatic carbocycles. The first-order valence-electron chi connectivity index (χ1n) is 6.42. The Hall–Kier alpha value is -0.770. The van der Waals surface area contributed by atoms with Crippen molar-refractivity contribution in [1.29, 1.82) is 0 Å². The minimum absolute atomic E-state index is 0.0838. The quantitative estimate of drug-likeness (QED) is 0.860. The van der Waals surface area contributed by atoms with Gasteiger partial charge in [0.1, 0.15) is 0 Å². The molecule has 18 heavy (non-hydrogen) atoms. The topological polar surface area (TPSA) is 35.5 Å². The summed E-state index contributed by atoms with van der Waals surface area (Å²) in [5, 5.41) is 13.3. The fraction of sp³-hybridized carbons (Fsp3) is 0.571. The maximum absolute atomic E-state index is 9.34. The number of nitrogens with one attached hydrogen (secondary N) is 1. The van der Waals surface area contributed by atoms with Crippen molar-refractivity contribution >= 4 is 17.3 Å². The van der Waals surface area contributed by atoms with Crippen LogP contribution in [0.25, 0.3) is 0 Å². The van der Waals surface area contributed by atoms with Crippen molar-refractivity contribution in [3.63, 3.8) is 0 Å². The lowest BCUT2D eigenvalue weighted by Crippen LogP contribution is -2.37. The molecule has 2 rings (SSSR count). The van der Waals surface area contributed by atoms with Gasteiger partial charge in [-0.15, -0.1) is 0 Å². The minimum atomic E-state index is -0.0838. The summed E-state index contributed by atoms with van der Waals surface area (Å²) >= 11 is 6.08. The zero-order chi connectivity index (χ0) is 13.1.